The fourth-order valence-corrected chi connectivity index (χ4v) is 1.59. The standard InChI is InChI=1S/C11H16FNO2/c1-11(13,6-8(15)7-14)9-4-2-3-5-10(9)12/h2-5,8,14-15H,6-7,13H2,1H3/t8-,11-/m0/s1. The molecule has 84 valence electrons. The summed E-state index contributed by atoms with van der Waals surface area (Å²) in [4.78, 5) is 0. The van der Waals surface area contributed by atoms with Gasteiger partial charge in [0.25, 0.3) is 0 Å². The first-order valence-corrected chi connectivity index (χ1v) is 4.80. The Bertz CT molecular complexity index is 328. The van der Waals surface area contributed by atoms with Crippen LogP contribution in [-0.4, -0.2) is 22.9 Å². The smallest absolute Gasteiger partial charge is 0.128 e. The molecule has 0 aliphatic carbocycles. The van der Waals surface area contributed by atoms with Crippen molar-refractivity contribution in [3.05, 3.63) is 35.6 Å². The zero-order chi connectivity index (χ0) is 11.5. The van der Waals surface area contributed by atoms with Crippen molar-refractivity contribution in [3.63, 3.8) is 0 Å². The molecule has 0 saturated carbocycles. The lowest BCUT2D eigenvalue weighted by Gasteiger charge is -2.27. The highest BCUT2D eigenvalue weighted by Gasteiger charge is 2.27. The molecule has 3 nitrogen and oxygen atoms in total. The average Bonchev–Trinajstić information content (AvgIpc) is 2.17. The van der Waals surface area contributed by atoms with Crippen molar-refractivity contribution >= 4 is 0 Å². The Hall–Kier alpha value is -0.970. The van der Waals surface area contributed by atoms with E-state index < -0.39 is 17.5 Å². The number of rotatable bonds is 4. The van der Waals surface area contributed by atoms with E-state index in [-0.39, 0.29) is 13.0 Å². The van der Waals surface area contributed by atoms with Crippen LogP contribution < -0.4 is 5.73 Å². The number of nitrogens with two attached hydrogens (primary N) is 1. The van der Waals surface area contributed by atoms with E-state index in [9.17, 15) is 9.50 Å². The average molecular weight is 213 g/mol. The van der Waals surface area contributed by atoms with E-state index >= 15 is 0 Å². The lowest BCUT2D eigenvalue weighted by molar-refractivity contribution is 0.0696. The Balaban J connectivity index is 2.90. The highest BCUT2D eigenvalue weighted by molar-refractivity contribution is 5.25. The number of aliphatic hydroxyl groups excluding tert-OH is 2. The van der Waals surface area contributed by atoms with Crippen LogP contribution >= 0.6 is 0 Å². The molecule has 4 N–H and O–H groups in total. The summed E-state index contributed by atoms with van der Waals surface area (Å²) in [7, 11) is 0. The molecule has 0 amide bonds. The third-order valence-corrected chi connectivity index (χ3v) is 2.36. The Labute approximate surface area is 88.4 Å². The van der Waals surface area contributed by atoms with Crippen LogP contribution in [0.15, 0.2) is 24.3 Å². The highest BCUT2D eigenvalue weighted by Crippen LogP contribution is 2.25. The molecule has 0 aliphatic heterocycles. The van der Waals surface area contributed by atoms with Gasteiger partial charge in [0.15, 0.2) is 0 Å². The molecule has 1 aromatic carbocycles. The minimum absolute atomic E-state index is 0.116. The summed E-state index contributed by atoms with van der Waals surface area (Å²) in [5, 5.41) is 18.0. The number of aliphatic hydroxyl groups is 2. The van der Waals surface area contributed by atoms with Gasteiger partial charge in [0.2, 0.25) is 0 Å². The summed E-state index contributed by atoms with van der Waals surface area (Å²) in [6, 6.07) is 6.18. The quantitative estimate of drug-likeness (QED) is 0.691. The molecule has 0 spiro atoms. The van der Waals surface area contributed by atoms with E-state index in [1.54, 1.807) is 25.1 Å². The van der Waals surface area contributed by atoms with E-state index in [0.29, 0.717) is 5.56 Å². The second-order valence-corrected chi connectivity index (χ2v) is 3.94. The summed E-state index contributed by atoms with van der Waals surface area (Å²) >= 11 is 0. The van der Waals surface area contributed by atoms with E-state index in [2.05, 4.69) is 0 Å². The van der Waals surface area contributed by atoms with Gasteiger partial charge in [-0.25, -0.2) is 4.39 Å². The molecule has 0 radical (unpaired) electrons. The van der Waals surface area contributed by atoms with E-state index in [1.165, 1.54) is 6.07 Å². The van der Waals surface area contributed by atoms with Crippen LogP contribution in [0.3, 0.4) is 0 Å². The molecule has 4 heteroatoms. The molecule has 0 fully saturated rings. The maximum atomic E-state index is 13.4. The maximum Gasteiger partial charge on any atom is 0.128 e. The van der Waals surface area contributed by atoms with Gasteiger partial charge in [0, 0.05) is 11.1 Å². The number of hydrogen-bond donors (Lipinski definition) is 3. The summed E-state index contributed by atoms with van der Waals surface area (Å²) < 4.78 is 13.4. The SMILES string of the molecule is C[C@](N)(C[C@H](O)CO)c1ccccc1F. The van der Waals surface area contributed by atoms with Crippen molar-refractivity contribution in [1.29, 1.82) is 0 Å². The van der Waals surface area contributed by atoms with E-state index in [0.717, 1.165) is 0 Å². The molecule has 15 heavy (non-hydrogen) atoms. The summed E-state index contributed by atoms with van der Waals surface area (Å²) in [5.41, 5.74) is 5.27. The van der Waals surface area contributed by atoms with Crippen LogP contribution in [0, 0.1) is 5.82 Å². The first kappa shape index (κ1) is 12.1. The number of hydrogen-bond acceptors (Lipinski definition) is 3. The topological polar surface area (TPSA) is 66.5 Å². The van der Waals surface area contributed by atoms with Gasteiger partial charge in [-0.2, -0.15) is 0 Å². The predicted molar refractivity (Wildman–Crippen MR) is 55.6 cm³/mol. The van der Waals surface area contributed by atoms with Crippen LogP contribution in [0.5, 0.6) is 0 Å². The molecule has 0 unspecified atom stereocenters. The van der Waals surface area contributed by atoms with Crippen molar-refractivity contribution in [3.8, 4) is 0 Å². The lowest BCUT2D eigenvalue weighted by atomic mass is 9.87. The van der Waals surface area contributed by atoms with Gasteiger partial charge >= 0.3 is 0 Å². The van der Waals surface area contributed by atoms with Gasteiger partial charge in [-0.15, -0.1) is 0 Å². The van der Waals surface area contributed by atoms with Gasteiger partial charge in [-0.1, -0.05) is 18.2 Å². The van der Waals surface area contributed by atoms with Crippen molar-refractivity contribution < 1.29 is 14.6 Å². The molecular formula is C11H16FNO2. The van der Waals surface area contributed by atoms with Gasteiger partial charge < -0.3 is 15.9 Å². The maximum absolute atomic E-state index is 13.4. The van der Waals surface area contributed by atoms with Crippen LogP contribution in [0.2, 0.25) is 0 Å². The molecule has 1 rings (SSSR count). The minimum atomic E-state index is -0.979. The van der Waals surface area contributed by atoms with Gasteiger partial charge in [0.05, 0.1) is 12.7 Å². The summed E-state index contributed by atoms with van der Waals surface area (Å²) in [6.07, 6.45) is -0.815. The van der Waals surface area contributed by atoms with Crippen LogP contribution in [-0.2, 0) is 5.54 Å². The minimum Gasteiger partial charge on any atom is -0.394 e. The molecule has 1 aromatic rings. The zero-order valence-corrected chi connectivity index (χ0v) is 8.65. The first-order valence-electron chi connectivity index (χ1n) is 4.80. The molecule has 0 aliphatic rings. The van der Waals surface area contributed by atoms with Crippen molar-refractivity contribution in [2.24, 2.45) is 5.73 Å². The fraction of sp³-hybridized carbons (Fsp3) is 0.455. The Morgan fingerprint density at radius 1 is 1.47 bits per heavy atom. The van der Waals surface area contributed by atoms with Gasteiger partial charge in [-0.3, -0.25) is 0 Å². The normalized spacial score (nSPS) is 17.1. The lowest BCUT2D eigenvalue weighted by Crippen LogP contribution is -2.38. The molecule has 0 bridgehead atoms. The molecular weight excluding hydrogens is 197 g/mol. The number of benzene rings is 1. The van der Waals surface area contributed by atoms with Crippen molar-refractivity contribution in [1.82, 2.24) is 0 Å². The number of halogens is 1. The fourth-order valence-electron chi connectivity index (χ4n) is 1.59. The van der Waals surface area contributed by atoms with Crippen molar-refractivity contribution in [2.75, 3.05) is 6.61 Å². The van der Waals surface area contributed by atoms with Gasteiger partial charge in [-0.05, 0) is 19.4 Å². The summed E-state index contributed by atoms with van der Waals surface area (Å²) in [5.74, 6) is -0.396. The molecule has 0 aromatic heterocycles. The first-order chi connectivity index (χ1) is 6.97. The van der Waals surface area contributed by atoms with E-state index in [1.807, 2.05) is 0 Å². The Morgan fingerprint density at radius 2 is 2.07 bits per heavy atom. The van der Waals surface area contributed by atoms with Crippen LogP contribution in [0.4, 0.5) is 4.39 Å². The van der Waals surface area contributed by atoms with Crippen LogP contribution in [0.25, 0.3) is 0 Å². The largest absolute Gasteiger partial charge is 0.394 e. The molecule has 0 saturated heterocycles. The summed E-state index contributed by atoms with van der Waals surface area (Å²) in [6.45, 7) is 1.26. The zero-order valence-electron chi connectivity index (χ0n) is 8.65. The second-order valence-electron chi connectivity index (χ2n) is 3.94. The van der Waals surface area contributed by atoms with E-state index in [4.69, 9.17) is 10.8 Å². The van der Waals surface area contributed by atoms with Gasteiger partial charge in [0.1, 0.15) is 5.82 Å². The third-order valence-electron chi connectivity index (χ3n) is 2.36. The predicted octanol–water partition coefficient (Wildman–Crippen LogP) is 0.743. The monoisotopic (exact) mass is 213 g/mol. The molecule has 0 heterocycles. The Morgan fingerprint density at radius 3 is 2.60 bits per heavy atom. The molecule has 2 atom stereocenters. The van der Waals surface area contributed by atoms with Crippen molar-refractivity contribution in [2.45, 2.75) is 25.0 Å². The second kappa shape index (κ2) is 4.70. The third kappa shape index (κ3) is 2.99. The van der Waals surface area contributed by atoms with Crippen LogP contribution in [0.1, 0.15) is 18.9 Å². The Kier molecular flexibility index (Phi) is 3.79. The highest BCUT2D eigenvalue weighted by atomic mass is 19.1.